The van der Waals surface area contributed by atoms with Crippen molar-refractivity contribution in [1.82, 2.24) is 9.97 Å². The predicted molar refractivity (Wildman–Crippen MR) is 51.3 cm³/mol. The molecule has 1 aromatic rings. The second kappa shape index (κ2) is 4.77. The smallest absolute Gasteiger partial charge is 0.222 e. The maximum Gasteiger partial charge on any atom is 0.222 e. The van der Waals surface area contributed by atoms with Gasteiger partial charge < -0.3 is 10.4 Å². The molecule has 0 aliphatic rings. The van der Waals surface area contributed by atoms with Gasteiger partial charge in [-0.1, -0.05) is 13.8 Å². The Labute approximate surface area is 78.0 Å². The van der Waals surface area contributed by atoms with Gasteiger partial charge in [-0.2, -0.15) is 0 Å². The van der Waals surface area contributed by atoms with Crippen molar-refractivity contribution in [3.8, 4) is 0 Å². The predicted octanol–water partition coefficient (Wildman–Crippen LogP) is 1.04. The van der Waals surface area contributed by atoms with Crippen molar-refractivity contribution >= 4 is 5.95 Å². The van der Waals surface area contributed by atoms with Crippen LogP contribution in [0.2, 0.25) is 0 Å². The van der Waals surface area contributed by atoms with Gasteiger partial charge in [-0.15, -0.1) is 0 Å². The van der Waals surface area contributed by atoms with Crippen LogP contribution in [0.5, 0.6) is 0 Å². The molecule has 0 aliphatic carbocycles. The molecule has 0 aliphatic heterocycles. The van der Waals surface area contributed by atoms with Crippen molar-refractivity contribution in [1.29, 1.82) is 0 Å². The van der Waals surface area contributed by atoms with E-state index in [1.807, 2.05) is 0 Å². The summed E-state index contributed by atoms with van der Waals surface area (Å²) in [7, 11) is 0. The van der Waals surface area contributed by atoms with Gasteiger partial charge in [0.15, 0.2) is 0 Å². The van der Waals surface area contributed by atoms with Crippen LogP contribution < -0.4 is 5.32 Å². The average molecular weight is 181 g/mol. The minimum absolute atomic E-state index is 0.00946. The number of nitrogens with zero attached hydrogens (tertiary/aromatic N) is 2. The van der Waals surface area contributed by atoms with Gasteiger partial charge in [0.2, 0.25) is 5.95 Å². The molecule has 2 N–H and O–H groups in total. The van der Waals surface area contributed by atoms with Crippen molar-refractivity contribution < 1.29 is 5.11 Å². The van der Waals surface area contributed by atoms with Crippen LogP contribution in [0.3, 0.4) is 0 Å². The van der Waals surface area contributed by atoms with Gasteiger partial charge in [0.1, 0.15) is 0 Å². The van der Waals surface area contributed by atoms with Gasteiger partial charge in [0.25, 0.3) is 0 Å². The number of aromatic nitrogens is 2. The minimum Gasteiger partial charge on any atom is -0.392 e. The molecule has 1 heterocycles. The summed E-state index contributed by atoms with van der Waals surface area (Å²) in [4.78, 5) is 8.08. The van der Waals surface area contributed by atoms with Crippen LogP contribution in [0.4, 0.5) is 5.95 Å². The number of rotatable bonds is 4. The Hall–Kier alpha value is -1.16. The van der Waals surface area contributed by atoms with Crippen LogP contribution in [0.15, 0.2) is 12.4 Å². The van der Waals surface area contributed by atoms with Crippen molar-refractivity contribution in [3.63, 3.8) is 0 Å². The van der Waals surface area contributed by atoms with E-state index >= 15 is 0 Å². The van der Waals surface area contributed by atoms with Crippen LogP contribution in [0, 0.1) is 5.92 Å². The number of hydrogen-bond donors (Lipinski definition) is 2. The third-order valence-corrected chi connectivity index (χ3v) is 1.56. The largest absolute Gasteiger partial charge is 0.392 e. The van der Waals surface area contributed by atoms with E-state index in [-0.39, 0.29) is 6.61 Å². The highest BCUT2D eigenvalue weighted by Crippen LogP contribution is 2.01. The zero-order chi connectivity index (χ0) is 9.68. The number of nitrogens with one attached hydrogen (secondary N) is 1. The first-order valence-corrected chi connectivity index (χ1v) is 4.38. The summed E-state index contributed by atoms with van der Waals surface area (Å²) in [6, 6.07) is 0. The van der Waals surface area contributed by atoms with Crippen molar-refractivity contribution in [2.24, 2.45) is 5.92 Å². The van der Waals surface area contributed by atoms with Crippen molar-refractivity contribution in [3.05, 3.63) is 18.0 Å². The van der Waals surface area contributed by atoms with Gasteiger partial charge in [-0.3, -0.25) is 0 Å². The lowest BCUT2D eigenvalue weighted by atomic mass is 10.2. The van der Waals surface area contributed by atoms with Crippen molar-refractivity contribution in [2.75, 3.05) is 11.9 Å². The molecule has 0 radical (unpaired) electrons. The molecule has 4 heteroatoms. The first-order valence-electron chi connectivity index (χ1n) is 4.38. The summed E-state index contributed by atoms with van der Waals surface area (Å²) in [6.45, 7) is 5.09. The topological polar surface area (TPSA) is 58.0 Å². The molecule has 0 bridgehead atoms. The number of hydrogen-bond acceptors (Lipinski definition) is 4. The minimum atomic E-state index is -0.00946. The van der Waals surface area contributed by atoms with Crippen LogP contribution in [-0.2, 0) is 6.61 Å². The Morgan fingerprint density at radius 3 is 2.46 bits per heavy atom. The molecule has 0 amide bonds. The fraction of sp³-hybridized carbons (Fsp3) is 0.556. The highest BCUT2D eigenvalue weighted by atomic mass is 16.3. The average Bonchev–Trinajstić information content (AvgIpc) is 2.15. The molecule has 0 saturated heterocycles. The molecule has 1 rings (SSSR count). The fourth-order valence-corrected chi connectivity index (χ4v) is 0.823. The Morgan fingerprint density at radius 2 is 2.00 bits per heavy atom. The lowest BCUT2D eigenvalue weighted by Crippen LogP contribution is -2.10. The zero-order valence-electron chi connectivity index (χ0n) is 7.99. The summed E-state index contributed by atoms with van der Waals surface area (Å²) in [5.74, 6) is 1.19. The Kier molecular flexibility index (Phi) is 3.64. The van der Waals surface area contributed by atoms with Gasteiger partial charge in [-0.05, 0) is 5.92 Å². The van der Waals surface area contributed by atoms with Crippen molar-refractivity contribution in [2.45, 2.75) is 20.5 Å². The molecule has 72 valence electrons. The van der Waals surface area contributed by atoms with Gasteiger partial charge in [0, 0.05) is 24.5 Å². The molecule has 0 saturated carbocycles. The maximum atomic E-state index is 8.75. The normalized spacial score (nSPS) is 10.5. The summed E-state index contributed by atoms with van der Waals surface area (Å²) in [6.07, 6.45) is 3.24. The second-order valence-electron chi connectivity index (χ2n) is 3.35. The monoisotopic (exact) mass is 181 g/mol. The van der Waals surface area contributed by atoms with E-state index in [1.54, 1.807) is 12.4 Å². The Morgan fingerprint density at radius 1 is 1.38 bits per heavy atom. The molecular weight excluding hydrogens is 166 g/mol. The lowest BCUT2D eigenvalue weighted by Gasteiger charge is -2.06. The van der Waals surface area contributed by atoms with E-state index < -0.39 is 0 Å². The van der Waals surface area contributed by atoms with E-state index in [1.165, 1.54) is 0 Å². The Balaban J connectivity index is 2.49. The molecule has 0 fully saturated rings. The summed E-state index contributed by atoms with van der Waals surface area (Å²) < 4.78 is 0. The molecule has 0 unspecified atom stereocenters. The van der Waals surface area contributed by atoms with Gasteiger partial charge >= 0.3 is 0 Å². The van der Waals surface area contributed by atoms with Crippen LogP contribution in [-0.4, -0.2) is 21.6 Å². The lowest BCUT2D eigenvalue weighted by molar-refractivity contribution is 0.281. The van der Waals surface area contributed by atoms with E-state index in [9.17, 15) is 0 Å². The van der Waals surface area contributed by atoms with E-state index in [2.05, 4.69) is 29.1 Å². The molecule has 1 aromatic heterocycles. The molecular formula is C9H15N3O. The fourth-order valence-electron chi connectivity index (χ4n) is 0.823. The summed E-state index contributed by atoms with van der Waals surface area (Å²) in [5, 5.41) is 11.8. The van der Waals surface area contributed by atoms with Crippen LogP contribution >= 0.6 is 0 Å². The highest BCUT2D eigenvalue weighted by Gasteiger charge is 1.97. The number of aliphatic hydroxyl groups excluding tert-OH is 1. The third kappa shape index (κ3) is 3.38. The van der Waals surface area contributed by atoms with E-state index in [0.29, 0.717) is 11.9 Å². The summed E-state index contributed by atoms with van der Waals surface area (Å²) in [5.41, 5.74) is 0.732. The van der Waals surface area contributed by atoms with Gasteiger partial charge in [-0.25, -0.2) is 9.97 Å². The highest BCUT2D eigenvalue weighted by molar-refractivity contribution is 5.24. The summed E-state index contributed by atoms with van der Waals surface area (Å²) >= 11 is 0. The van der Waals surface area contributed by atoms with E-state index in [4.69, 9.17) is 5.11 Å². The van der Waals surface area contributed by atoms with Gasteiger partial charge in [0.05, 0.1) is 6.61 Å². The zero-order valence-corrected chi connectivity index (χ0v) is 7.99. The van der Waals surface area contributed by atoms with Crippen LogP contribution in [0.1, 0.15) is 19.4 Å². The Bertz CT molecular complexity index is 246. The first-order chi connectivity index (χ1) is 6.22. The molecule has 0 aromatic carbocycles. The van der Waals surface area contributed by atoms with Crippen LogP contribution in [0.25, 0.3) is 0 Å². The standard InChI is InChI=1S/C9H15N3O/c1-7(2)3-10-9-11-4-8(6-13)5-12-9/h4-5,7,13H,3,6H2,1-2H3,(H,10,11,12). The molecule has 4 nitrogen and oxygen atoms in total. The maximum absolute atomic E-state index is 8.75. The third-order valence-electron chi connectivity index (χ3n) is 1.56. The quantitative estimate of drug-likeness (QED) is 0.728. The SMILES string of the molecule is CC(C)CNc1ncc(CO)cn1. The molecule has 0 spiro atoms. The molecule has 13 heavy (non-hydrogen) atoms. The number of aliphatic hydroxyl groups is 1. The molecule has 0 atom stereocenters. The second-order valence-corrected chi connectivity index (χ2v) is 3.35. The first kappa shape index (κ1) is 9.92. The van der Waals surface area contributed by atoms with E-state index in [0.717, 1.165) is 12.1 Å². The number of anilines is 1.